The van der Waals surface area contributed by atoms with Gasteiger partial charge < -0.3 is 15.0 Å². The van der Waals surface area contributed by atoms with Crippen molar-refractivity contribution >= 4 is 22.9 Å². The zero-order valence-corrected chi connectivity index (χ0v) is 20.6. The summed E-state index contributed by atoms with van der Waals surface area (Å²) >= 11 is 0. The molecule has 184 valence electrons. The molecule has 0 bridgehead atoms. The van der Waals surface area contributed by atoms with Gasteiger partial charge in [0.05, 0.1) is 23.9 Å². The van der Waals surface area contributed by atoms with Crippen LogP contribution in [0.3, 0.4) is 0 Å². The second kappa shape index (κ2) is 12.3. The van der Waals surface area contributed by atoms with Gasteiger partial charge in [0.1, 0.15) is 18.7 Å². The second-order valence-electron chi connectivity index (χ2n) is 8.15. The van der Waals surface area contributed by atoms with E-state index >= 15 is 0 Å². The summed E-state index contributed by atoms with van der Waals surface area (Å²) in [6.45, 7) is 8.41. The summed E-state index contributed by atoms with van der Waals surface area (Å²) in [6, 6.07) is 17.3. The summed E-state index contributed by atoms with van der Waals surface area (Å²) in [5.74, 6) is 1.45. The van der Waals surface area contributed by atoms with Crippen LogP contribution in [0.25, 0.3) is 5.57 Å². The Bertz CT molecular complexity index is 1230. The smallest absolute Gasteiger partial charge is 0.222 e. The van der Waals surface area contributed by atoms with Gasteiger partial charge in [0, 0.05) is 42.0 Å². The number of aliphatic imine (C=N–C) groups is 1. The Kier molecular flexibility index (Phi) is 8.46. The summed E-state index contributed by atoms with van der Waals surface area (Å²) in [5, 5.41) is 14.5. The van der Waals surface area contributed by atoms with Gasteiger partial charge in [-0.15, -0.1) is 0 Å². The van der Waals surface area contributed by atoms with Crippen LogP contribution in [0.1, 0.15) is 25.0 Å². The van der Waals surface area contributed by atoms with E-state index in [4.69, 9.17) is 4.74 Å². The molecule has 2 heterocycles. The van der Waals surface area contributed by atoms with Crippen molar-refractivity contribution in [3.05, 3.63) is 84.6 Å². The molecule has 3 aromatic rings. The molecule has 0 spiro atoms. The van der Waals surface area contributed by atoms with Crippen LogP contribution in [-0.4, -0.2) is 58.6 Å². The number of rotatable bonds is 10. The van der Waals surface area contributed by atoms with Gasteiger partial charge in [0.25, 0.3) is 0 Å². The lowest BCUT2D eigenvalue weighted by molar-refractivity contribution is 0.223. The lowest BCUT2D eigenvalue weighted by Gasteiger charge is -2.31. The zero-order chi connectivity index (χ0) is 25.2. The number of aromatic nitrogens is 2. The molecular weight excluding hydrogens is 452 g/mol. The first-order valence-electron chi connectivity index (χ1n) is 12.0. The van der Waals surface area contributed by atoms with E-state index < -0.39 is 0 Å². The number of ether oxygens (including phenoxy) is 1. The molecule has 0 saturated carbocycles. The number of guanidine groups is 1. The van der Waals surface area contributed by atoms with E-state index in [9.17, 15) is 5.26 Å². The van der Waals surface area contributed by atoms with Crippen LogP contribution in [0.4, 0.5) is 11.4 Å². The number of hydrogen-bond donors (Lipinski definition) is 2. The van der Waals surface area contributed by atoms with Gasteiger partial charge in [-0.05, 0) is 55.6 Å². The van der Waals surface area contributed by atoms with Crippen LogP contribution in [0.2, 0.25) is 0 Å². The first-order valence-corrected chi connectivity index (χ1v) is 12.0. The number of hydrogen-bond acceptors (Lipinski definition) is 9. The molecule has 0 unspecified atom stereocenters. The van der Waals surface area contributed by atoms with Crippen molar-refractivity contribution in [2.45, 2.75) is 13.8 Å². The molecule has 4 rings (SSSR count). The number of anilines is 2. The highest BCUT2D eigenvalue weighted by molar-refractivity contribution is 5.97. The third kappa shape index (κ3) is 6.58. The molecule has 0 radical (unpaired) electrons. The topological polar surface area (TPSA) is 102 Å². The molecule has 0 fully saturated rings. The summed E-state index contributed by atoms with van der Waals surface area (Å²) in [6.07, 6.45) is 6.85. The highest BCUT2D eigenvalue weighted by Gasteiger charge is 2.19. The van der Waals surface area contributed by atoms with Crippen LogP contribution in [-0.2, 0) is 0 Å². The van der Waals surface area contributed by atoms with Crippen molar-refractivity contribution in [1.29, 1.82) is 5.26 Å². The summed E-state index contributed by atoms with van der Waals surface area (Å²) < 4.78 is 5.90. The van der Waals surface area contributed by atoms with E-state index in [1.807, 2.05) is 47.6 Å². The Morgan fingerprint density at radius 1 is 1.06 bits per heavy atom. The average Bonchev–Trinajstić information content (AvgIpc) is 2.93. The lowest BCUT2D eigenvalue weighted by atomic mass is 10.1. The minimum absolute atomic E-state index is 0.516. The third-order valence-electron chi connectivity index (χ3n) is 5.80. The molecule has 0 aliphatic carbocycles. The largest absolute Gasteiger partial charge is 0.492 e. The fraction of sp³-hybridized carbons (Fsp3) is 0.259. The van der Waals surface area contributed by atoms with E-state index in [-0.39, 0.29) is 0 Å². The van der Waals surface area contributed by atoms with E-state index in [0.717, 1.165) is 47.9 Å². The number of nitriles is 1. The van der Waals surface area contributed by atoms with Gasteiger partial charge in [0.2, 0.25) is 5.96 Å². The molecule has 1 aromatic heterocycles. The molecular formula is C27H30N8O. The lowest BCUT2D eigenvalue weighted by Crippen LogP contribution is -2.43. The quantitative estimate of drug-likeness (QED) is 0.443. The van der Waals surface area contributed by atoms with E-state index in [0.29, 0.717) is 24.7 Å². The van der Waals surface area contributed by atoms with Gasteiger partial charge in [-0.1, -0.05) is 19.9 Å². The Morgan fingerprint density at radius 3 is 2.56 bits per heavy atom. The van der Waals surface area contributed by atoms with Gasteiger partial charge >= 0.3 is 0 Å². The summed E-state index contributed by atoms with van der Waals surface area (Å²) in [4.78, 5) is 15.2. The Balaban J connectivity index is 1.48. The normalized spacial score (nSPS) is 13.0. The van der Waals surface area contributed by atoms with Crippen LogP contribution < -0.4 is 15.5 Å². The number of likely N-dealkylation sites (N-methyl/N-ethyl adjacent to an activating group) is 1. The maximum absolute atomic E-state index is 9.27. The monoisotopic (exact) mass is 482 g/mol. The van der Waals surface area contributed by atoms with Gasteiger partial charge in [-0.25, -0.2) is 15.0 Å². The van der Waals surface area contributed by atoms with Crippen LogP contribution in [0.15, 0.2) is 78.4 Å². The highest BCUT2D eigenvalue weighted by Crippen LogP contribution is 2.22. The van der Waals surface area contributed by atoms with Crippen LogP contribution in [0.5, 0.6) is 5.75 Å². The predicted molar refractivity (Wildman–Crippen MR) is 142 cm³/mol. The Morgan fingerprint density at radius 2 is 1.83 bits per heavy atom. The van der Waals surface area contributed by atoms with E-state index in [2.05, 4.69) is 50.5 Å². The summed E-state index contributed by atoms with van der Waals surface area (Å²) in [7, 11) is 0. The maximum Gasteiger partial charge on any atom is 0.222 e. The maximum atomic E-state index is 9.27. The fourth-order valence-electron chi connectivity index (χ4n) is 3.73. The van der Waals surface area contributed by atoms with Crippen molar-refractivity contribution < 1.29 is 4.74 Å². The average molecular weight is 483 g/mol. The molecule has 1 aliphatic rings. The molecule has 0 atom stereocenters. The van der Waals surface area contributed by atoms with Crippen molar-refractivity contribution in [2.75, 3.05) is 43.5 Å². The Hall–Kier alpha value is -4.42. The van der Waals surface area contributed by atoms with E-state index in [1.54, 1.807) is 24.5 Å². The molecule has 0 amide bonds. The van der Waals surface area contributed by atoms with Crippen molar-refractivity contribution in [2.24, 2.45) is 4.99 Å². The van der Waals surface area contributed by atoms with E-state index in [1.165, 1.54) is 6.33 Å². The van der Waals surface area contributed by atoms with Crippen LogP contribution >= 0.6 is 0 Å². The minimum atomic E-state index is 0.516. The SMILES string of the molecule is CCN(CC)CCOc1ccc(NC2=NC=C(c3cncnc3)CN2Nc2cccc(C#N)c2)cc1. The van der Waals surface area contributed by atoms with Crippen molar-refractivity contribution in [1.82, 2.24) is 19.9 Å². The number of benzene rings is 2. The molecule has 9 nitrogen and oxygen atoms in total. The molecule has 1 aliphatic heterocycles. The molecule has 2 aromatic carbocycles. The molecule has 36 heavy (non-hydrogen) atoms. The number of nitrogens with zero attached hydrogens (tertiary/aromatic N) is 6. The minimum Gasteiger partial charge on any atom is -0.492 e. The standard InChI is InChI=1S/C27H30N8O/c1-3-34(4-2)12-13-36-26-10-8-24(9-11-26)32-27-31-18-23(22-16-29-20-30-17-22)19-35(27)33-25-7-5-6-21(14-25)15-28/h5-11,14,16-18,20,33H,3-4,12-13,19H2,1-2H3,(H,31,32). The fourth-order valence-corrected chi connectivity index (χ4v) is 3.73. The molecule has 0 saturated heterocycles. The molecule has 9 heteroatoms. The van der Waals surface area contributed by atoms with Crippen molar-refractivity contribution in [3.63, 3.8) is 0 Å². The summed E-state index contributed by atoms with van der Waals surface area (Å²) in [5.41, 5.74) is 7.45. The van der Waals surface area contributed by atoms with Crippen molar-refractivity contribution in [3.8, 4) is 11.8 Å². The number of nitrogens with one attached hydrogen (secondary N) is 2. The molecule has 2 N–H and O–H groups in total. The number of hydrazine groups is 1. The first kappa shape index (κ1) is 24.7. The Labute approximate surface area is 211 Å². The van der Waals surface area contributed by atoms with Gasteiger partial charge in [-0.3, -0.25) is 10.4 Å². The zero-order valence-electron chi connectivity index (χ0n) is 20.6. The van der Waals surface area contributed by atoms with Crippen LogP contribution in [0, 0.1) is 11.3 Å². The highest BCUT2D eigenvalue weighted by atomic mass is 16.5. The second-order valence-corrected chi connectivity index (χ2v) is 8.15. The third-order valence-corrected chi connectivity index (χ3v) is 5.80. The van der Waals surface area contributed by atoms with Gasteiger partial charge in [0.15, 0.2) is 0 Å². The predicted octanol–water partition coefficient (Wildman–Crippen LogP) is 4.22. The van der Waals surface area contributed by atoms with Gasteiger partial charge in [-0.2, -0.15) is 5.26 Å². The first-order chi connectivity index (χ1) is 17.7.